The zero-order valence-corrected chi connectivity index (χ0v) is 18.8. The van der Waals surface area contributed by atoms with Crippen molar-refractivity contribution in [2.75, 3.05) is 25.5 Å². The van der Waals surface area contributed by atoms with Crippen LogP contribution in [0.1, 0.15) is 20.8 Å². The smallest absolute Gasteiger partial charge is 0.265 e. The quantitative estimate of drug-likeness (QED) is 0.608. The Kier molecular flexibility index (Phi) is 5.88. The number of carbonyl (C=O) groups excluding carboxylic acids is 1. The first kappa shape index (κ1) is 21.2. The van der Waals surface area contributed by atoms with Crippen molar-refractivity contribution in [1.82, 2.24) is 4.90 Å². The lowest BCUT2D eigenvalue weighted by Crippen LogP contribution is -2.35. The lowest BCUT2D eigenvalue weighted by molar-refractivity contribution is 0.0739. The molecule has 0 spiro atoms. The van der Waals surface area contributed by atoms with Gasteiger partial charge < -0.3 is 14.4 Å². The maximum absolute atomic E-state index is 13.0. The number of methoxy groups -OCH3 is 2. The van der Waals surface area contributed by atoms with Crippen molar-refractivity contribution in [2.24, 2.45) is 0 Å². The van der Waals surface area contributed by atoms with Crippen LogP contribution in [0.15, 0.2) is 58.8 Å². The van der Waals surface area contributed by atoms with Crippen LogP contribution in [0.3, 0.4) is 0 Å². The molecule has 162 valence electrons. The number of ether oxygens (including phenoxy) is 2. The molecule has 9 heteroatoms. The van der Waals surface area contributed by atoms with Crippen molar-refractivity contribution in [2.45, 2.75) is 17.9 Å². The molecule has 1 N–H and O–H groups in total. The number of amides is 1. The fourth-order valence-corrected chi connectivity index (χ4v) is 5.45. The molecule has 0 fully saturated rings. The number of nitrogens with one attached hydrogen (secondary N) is 1. The van der Waals surface area contributed by atoms with Crippen LogP contribution in [0.25, 0.3) is 0 Å². The molecule has 7 nitrogen and oxygen atoms in total. The molecule has 0 aliphatic carbocycles. The van der Waals surface area contributed by atoms with E-state index in [1.165, 1.54) is 37.7 Å². The van der Waals surface area contributed by atoms with Crippen LogP contribution in [0.4, 0.5) is 5.69 Å². The van der Waals surface area contributed by atoms with Gasteiger partial charge in [-0.2, -0.15) is 0 Å². The summed E-state index contributed by atoms with van der Waals surface area (Å²) in [6.45, 7) is 1.07. The molecular formula is C22H22N2O5S2. The van der Waals surface area contributed by atoms with Crippen LogP contribution >= 0.6 is 11.3 Å². The Labute approximate surface area is 185 Å². The van der Waals surface area contributed by atoms with Gasteiger partial charge in [0.2, 0.25) is 0 Å². The lowest BCUT2D eigenvalue weighted by atomic mass is 9.99. The molecule has 2 heterocycles. The van der Waals surface area contributed by atoms with E-state index in [4.69, 9.17) is 9.47 Å². The summed E-state index contributed by atoms with van der Waals surface area (Å²) in [5, 5.41) is 1.88. The Morgan fingerprint density at radius 3 is 2.61 bits per heavy atom. The van der Waals surface area contributed by atoms with Gasteiger partial charge in [0.25, 0.3) is 15.9 Å². The molecule has 0 bridgehead atoms. The number of sulfonamides is 1. The Balaban J connectivity index is 1.57. The summed E-state index contributed by atoms with van der Waals surface area (Å²) in [6, 6.07) is 13.6. The zero-order chi connectivity index (χ0) is 22.0. The van der Waals surface area contributed by atoms with Crippen LogP contribution < -0.4 is 14.2 Å². The molecule has 0 radical (unpaired) electrons. The summed E-state index contributed by atoms with van der Waals surface area (Å²) in [6.07, 6.45) is 0.728. The van der Waals surface area contributed by atoms with Crippen LogP contribution in [0.5, 0.6) is 11.5 Å². The van der Waals surface area contributed by atoms with Crippen molar-refractivity contribution in [3.8, 4) is 11.5 Å². The fourth-order valence-electron chi connectivity index (χ4n) is 3.56. The molecule has 2 aromatic carbocycles. The van der Waals surface area contributed by atoms with Gasteiger partial charge in [-0.25, -0.2) is 8.42 Å². The van der Waals surface area contributed by atoms with Crippen LogP contribution in [-0.4, -0.2) is 40.0 Å². The van der Waals surface area contributed by atoms with Crippen LogP contribution in [0.2, 0.25) is 0 Å². The molecule has 1 amide bonds. The Bertz CT molecular complexity index is 1210. The van der Waals surface area contributed by atoms with Gasteiger partial charge in [0.05, 0.1) is 19.1 Å². The Morgan fingerprint density at radius 2 is 1.90 bits per heavy atom. The van der Waals surface area contributed by atoms with E-state index >= 15 is 0 Å². The fraction of sp³-hybridized carbons (Fsp3) is 0.227. The molecule has 0 saturated carbocycles. The number of hydrogen-bond acceptors (Lipinski definition) is 6. The average Bonchev–Trinajstić information content (AvgIpc) is 3.32. The standard InChI is InChI=1S/C22H22N2O5S2/c1-28-18-7-8-21(19(13-18)29-2)31(26,27)23-17-6-5-15-9-10-24(14-16(15)12-17)22(25)20-4-3-11-30-20/h3-8,11-13,23H,9-10,14H2,1-2H3. The normalized spacial score (nSPS) is 13.4. The maximum Gasteiger partial charge on any atom is 0.265 e. The summed E-state index contributed by atoms with van der Waals surface area (Å²) in [7, 11) is -0.973. The third kappa shape index (κ3) is 4.38. The van der Waals surface area contributed by atoms with Crippen molar-refractivity contribution < 1.29 is 22.7 Å². The molecule has 0 saturated heterocycles. The summed E-state index contributed by atoms with van der Waals surface area (Å²) in [5.41, 5.74) is 2.47. The van der Waals surface area contributed by atoms with E-state index < -0.39 is 10.0 Å². The Hall–Kier alpha value is -3.04. The Morgan fingerprint density at radius 1 is 1.06 bits per heavy atom. The van der Waals surface area contributed by atoms with Gasteiger partial charge in [-0.15, -0.1) is 11.3 Å². The second kappa shape index (κ2) is 8.60. The maximum atomic E-state index is 13.0. The molecule has 1 aliphatic heterocycles. The molecule has 1 aromatic heterocycles. The number of hydrogen-bond donors (Lipinski definition) is 1. The molecule has 31 heavy (non-hydrogen) atoms. The molecule has 1 aliphatic rings. The molecule has 3 aromatic rings. The van der Waals surface area contributed by atoms with Crippen molar-refractivity contribution >= 4 is 33.0 Å². The predicted octanol–water partition coefficient (Wildman–Crippen LogP) is 3.76. The number of thiophene rings is 1. The monoisotopic (exact) mass is 458 g/mol. The van der Waals surface area contributed by atoms with Gasteiger partial charge >= 0.3 is 0 Å². The van der Waals surface area contributed by atoms with E-state index in [-0.39, 0.29) is 16.6 Å². The first-order valence-corrected chi connectivity index (χ1v) is 12.0. The largest absolute Gasteiger partial charge is 0.497 e. The number of nitrogens with zero attached hydrogens (tertiary/aromatic N) is 1. The minimum atomic E-state index is -3.88. The van der Waals surface area contributed by atoms with E-state index in [1.807, 2.05) is 23.6 Å². The summed E-state index contributed by atoms with van der Waals surface area (Å²) < 4.78 is 39.0. The average molecular weight is 459 g/mol. The number of fused-ring (bicyclic) bond motifs is 1. The van der Waals surface area contributed by atoms with Gasteiger partial charge in [-0.05, 0) is 53.3 Å². The predicted molar refractivity (Wildman–Crippen MR) is 120 cm³/mol. The lowest BCUT2D eigenvalue weighted by Gasteiger charge is -2.29. The van der Waals surface area contributed by atoms with E-state index in [2.05, 4.69) is 4.72 Å². The van der Waals surface area contributed by atoms with Crippen molar-refractivity contribution in [3.63, 3.8) is 0 Å². The summed E-state index contributed by atoms with van der Waals surface area (Å²) >= 11 is 1.42. The first-order chi connectivity index (χ1) is 14.9. The van der Waals surface area contributed by atoms with Gasteiger partial charge in [0.15, 0.2) is 0 Å². The molecule has 4 rings (SSSR count). The van der Waals surface area contributed by atoms with Gasteiger partial charge in [-0.3, -0.25) is 9.52 Å². The zero-order valence-electron chi connectivity index (χ0n) is 17.1. The minimum absolute atomic E-state index is 0.00500. The minimum Gasteiger partial charge on any atom is -0.497 e. The third-order valence-corrected chi connectivity index (χ3v) is 7.43. The molecular weight excluding hydrogens is 436 g/mol. The van der Waals surface area contributed by atoms with E-state index in [1.54, 1.807) is 23.1 Å². The number of anilines is 1. The second-order valence-electron chi connectivity index (χ2n) is 7.06. The van der Waals surface area contributed by atoms with E-state index in [9.17, 15) is 13.2 Å². The molecule has 0 unspecified atom stereocenters. The van der Waals surface area contributed by atoms with E-state index in [0.29, 0.717) is 29.4 Å². The number of rotatable bonds is 6. The highest BCUT2D eigenvalue weighted by molar-refractivity contribution is 7.92. The van der Waals surface area contributed by atoms with Crippen LogP contribution in [-0.2, 0) is 23.0 Å². The van der Waals surface area contributed by atoms with Crippen molar-refractivity contribution in [1.29, 1.82) is 0 Å². The van der Waals surface area contributed by atoms with Gasteiger partial charge in [-0.1, -0.05) is 12.1 Å². The number of benzene rings is 2. The topological polar surface area (TPSA) is 84.9 Å². The van der Waals surface area contributed by atoms with Crippen LogP contribution in [0, 0.1) is 0 Å². The SMILES string of the molecule is COc1ccc(S(=O)(=O)Nc2ccc3c(c2)CN(C(=O)c2cccs2)CC3)c(OC)c1. The van der Waals surface area contributed by atoms with E-state index in [0.717, 1.165) is 17.5 Å². The first-order valence-electron chi connectivity index (χ1n) is 9.60. The molecule has 0 atom stereocenters. The van der Waals surface area contributed by atoms with Crippen molar-refractivity contribution in [3.05, 3.63) is 69.9 Å². The summed E-state index contributed by atoms with van der Waals surface area (Å²) in [5.74, 6) is 0.687. The number of carbonyl (C=O) groups is 1. The second-order valence-corrected chi connectivity index (χ2v) is 9.66. The van der Waals surface area contributed by atoms with Gasteiger partial charge in [0.1, 0.15) is 16.4 Å². The third-order valence-electron chi connectivity index (χ3n) is 5.15. The highest BCUT2D eigenvalue weighted by atomic mass is 32.2. The highest BCUT2D eigenvalue weighted by Crippen LogP contribution is 2.31. The highest BCUT2D eigenvalue weighted by Gasteiger charge is 2.24. The summed E-state index contributed by atoms with van der Waals surface area (Å²) in [4.78, 5) is 15.2. The van der Waals surface area contributed by atoms with Gasteiger partial charge in [0, 0.05) is 24.8 Å².